The molecule has 0 bridgehead atoms. The van der Waals surface area contributed by atoms with Crippen LogP contribution in [0.25, 0.3) is 0 Å². The van der Waals surface area contributed by atoms with Crippen molar-refractivity contribution in [2.45, 2.75) is 13.5 Å². The second-order valence-corrected chi connectivity index (χ2v) is 4.68. The van der Waals surface area contributed by atoms with E-state index in [9.17, 15) is 4.79 Å². The molecule has 7 heteroatoms. The molecule has 102 valence electrons. The van der Waals surface area contributed by atoms with Crippen LogP contribution in [0.4, 0.5) is 5.69 Å². The van der Waals surface area contributed by atoms with Crippen molar-refractivity contribution in [3.63, 3.8) is 0 Å². The standard InChI is InChI=1S/C12H15ClN4O2/c1-7-9(11(13)17(3)15-7)6-19-12(18)10-4-8(14)5-16(10)2/h4-5H,6,14H2,1-3H3. The zero-order chi connectivity index (χ0) is 14.2. The van der Waals surface area contributed by atoms with Gasteiger partial charge in [-0.25, -0.2) is 4.79 Å². The molecule has 0 fully saturated rings. The Balaban J connectivity index is 2.11. The quantitative estimate of drug-likeness (QED) is 0.869. The first-order valence-corrected chi connectivity index (χ1v) is 6.05. The lowest BCUT2D eigenvalue weighted by Crippen LogP contribution is -2.09. The Morgan fingerprint density at radius 2 is 2.21 bits per heavy atom. The lowest BCUT2D eigenvalue weighted by Gasteiger charge is -2.05. The van der Waals surface area contributed by atoms with Gasteiger partial charge in [-0.05, 0) is 13.0 Å². The zero-order valence-electron chi connectivity index (χ0n) is 11.0. The van der Waals surface area contributed by atoms with Crippen molar-refractivity contribution in [3.05, 3.63) is 34.4 Å². The summed E-state index contributed by atoms with van der Waals surface area (Å²) in [5.41, 5.74) is 7.98. The molecular weight excluding hydrogens is 268 g/mol. The van der Waals surface area contributed by atoms with Crippen LogP contribution in [-0.2, 0) is 25.4 Å². The SMILES string of the molecule is Cc1nn(C)c(Cl)c1COC(=O)c1cc(N)cn1C. The normalized spacial score (nSPS) is 10.7. The number of rotatable bonds is 3. The largest absolute Gasteiger partial charge is 0.456 e. The molecule has 0 aliphatic rings. The summed E-state index contributed by atoms with van der Waals surface area (Å²) in [7, 11) is 3.47. The summed E-state index contributed by atoms with van der Waals surface area (Å²) < 4.78 is 8.39. The van der Waals surface area contributed by atoms with Crippen LogP contribution >= 0.6 is 11.6 Å². The minimum Gasteiger partial charge on any atom is -0.456 e. The highest BCUT2D eigenvalue weighted by Crippen LogP contribution is 2.20. The topological polar surface area (TPSA) is 75.1 Å². The molecule has 2 heterocycles. The van der Waals surface area contributed by atoms with Gasteiger partial charge in [0.25, 0.3) is 0 Å². The summed E-state index contributed by atoms with van der Waals surface area (Å²) in [6.45, 7) is 1.90. The van der Waals surface area contributed by atoms with Crippen LogP contribution in [-0.4, -0.2) is 20.3 Å². The van der Waals surface area contributed by atoms with E-state index in [4.69, 9.17) is 22.1 Å². The van der Waals surface area contributed by atoms with Crippen molar-refractivity contribution >= 4 is 23.3 Å². The van der Waals surface area contributed by atoms with E-state index in [1.54, 1.807) is 35.6 Å². The molecule has 2 N–H and O–H groups in total. The van der Waals surface area contributed by atoms with Crippen LogP contribution in [0.5, 0.6) is 0 Å². The first-order chi connectivity index (χ1) is 8.90. The fourth-order valence-electron chi connectivity index (χ4n) is 1.84. The molecule has 0 aliphatic heterocycles. The van der Waals surface area contributed by atoms with E-state index in [0.717, 1.165) is 5.69 Å². The third-order valence-corrected chi connectivity index (χ3v) is 3.33. The number of nitrogens with zero attached hydrogens (tertiary/aromatic N) is 3. The number of aryl methyl sites for hydroxylation is 3. The number of hydrogen-bond acceptors (Lipinski definition) is 4. The van der Waals surface area contributed by atoms with Crippen molar-refractivity contribution in [2.75, 3.05) is 5.73 Å². The summed E-state index contributed by atoms with van der Waals surface area (Å²) in [6, 6.07) is 1.57. The van der Waals surface area contributed by atoms with Gasteiger partial charge < -0.3 is 15.0 Å². The Morgan fingerprint density at radius 3 is 2.68 bits per heavy atom. The van der Waals surface area contributed by atoms with Gasteiger partial charge in [-0.1, -0.05) is 11.6 Å². The number of aromatic nitrogens is 3. The molecule has 0 aliphatic carbocycles. The van der Waals surface area contributed by atoms with Gasteiger partial charge in [0.1, 0.15) is 17.5 Å². The lowest BCUT2D eigenvalue weighted by molar-refractivity contribution is 0.0461. The van der Waals surface area contributed by atoms with Crippen LogP contribution in [0.15, 0.2) is 12.3 Å². The third-order valence-electron chi connectivity index (χ3n) is 2.85. The summed E-state index contributed by atoms with van der Waals surface area (Å²) >= 11 is 6.06. The lowest BCUT2D eigenvalue weighted by atomic mass is 10.3. The Kier molecular flexibility index (Phi) is 3.53. The molecule has 0 amide bonds. The smallest absolute Gasteiger partial charge is 0.355 e. The molecular formula is C12H15ClN4O2. The highest BCUT2D eigenvalue weighted by atomic mass is 35.5. The molecule has 0 aromatic carbocycles. The Hall–Kier alpha value is -1.95. The summed E-state index contributed by atoms with van der Waals surface area (Å²) in [5.74, 6) is -0.446. The molecule has 0 unspecified atom stereocenters. The predicted octanol–water partition coefficient (Wildman–Crippen LogP) is 1.66. The first kappa shape index (κ1) is 13.5. The average molecular weight is 283 g/mol. The monoisotopic (exact) mass is 282 g/mol. The maximum absolute atomic E-state index is 11.9. The van der Waals surface area contributed by atoms with Gasteiger partial charge in [0.05, 0.1) is 11.4 Å². The van der Waals surface area contributed by atoms with Crippen LogP contribution in [0.3, 0.4) is 0 Å². The van der Waals surface area contributed by atoms with Gasteiger partial charge in [-0.2, -0.15) is 5.10 Å². The molecule has 0 saturated heterocycles. The number of ether oxygens (including phenoxy) is 1. The summed E-state index contributed by atoms with van der Waals surface area (Å²) in [5, 5.41) is 4.62. The van der Waals surface area contributed by atoms with E-state index >= 15 is 0 Å². The molecule has 2 aromatic heterocycles. The average Bonchev–Trinajstić information content (AvgIpc) is 2.78. The van der Waals surface area contributed by atoms with Gasteiger partial charge >= 0.3 is 5.97 Å². The highest BCUT2D eigenvalue weighted by molar-refractivity contribution is 6.30. The van der Waals surface area contributed by atoms with E-state index in [2.05, 4.69) is 5.10 Å². The van der Waals surface area contributed by atoms with Crippen molar-refractivity contribution in [1.29, 1.82) is 0 Å². The van der Waals surface area contributed by atoms with Gasteiger partial charge in [0, 0.05) is 25.9 Å². The number of halogens is 1. The second kappa shape index (κ2) is 4.97. The molecule has 6 nitrogen and oxygen atoms in total. The molecule has 0 spiro atoms. The number of hydrogen-bond donors (Lipinski definition) is 1. The first-order valence-electron chi connectivity index (χ1n) is 5.67. The highest BCUT2D eigenvalue weighted by Gasteiger charge is 2.16. The van der Waals surface area contributed by atoms with E-state index in [1.165, 1.54) is 0 Å². The van der Waals surface area contributed by atoms with E-state index in [-0.39, 0.29) is 6.61 Å². The molecule has 2 rings (SSSR count). The van der Waals surface area contributed by atoms with Gasteiger partial charge in [0.15, 0.2) is 0 Å². The molecule has 0 atom stereocenters. The van der Waals surface area contributed by atoms with Gasteiger partial charge in [0.2, 0.25) is 0 Å². The third kappa shape index (κ3) is 2.58. The molecule has 0 saturated carbocycles. The molecule has 0 radical (unpaired) electrons. The van der Waals surface area contributed by atoms with Crippen molar-refractivity contribution in [3.8, 4) is 0 Å². The fourth-order valence-corrected chi connectivity index (χ4v) is 2.07. The van der Waals surface area contributed by atoms with Crippen LogP contribution < -0.4 is 5.73 Å². The van der Waals surface area contributed by atoms with Crippen molar-refractivity contribution in [1.82, 2.24) is 14.3 Å². The number of nitrogens with two attached hydrogens (primary N) is 1. The van der Waals surface area contributed by atoms with E-state index in [1.807, 2.05) is 6.92 Å². The number of anilines is 1. The maximum atomic E-state index is 11.9. The van der Waals surface area contributed by atoms with E-state index in [0.29, 0.717) is 22.1 Å². The number of esters is 1. The number of nitrogen functional groups attached to an aromatic ring is 1. The fraction of sp³-hybridized carbons (Fsp3) is 0.333. The maximum Gasteiger partial charge on any atom is 0.355 e. The zero-order valence-corrected chi connectivity index (χ0v) is 11.7. The minimum absolute atomic E-state index is 0.0857. The Bertz CT molecular complexity index is 630. The second-order valence-electron chi connectivity index (χ2n) is 4.32. The van der Waals surface area contributed by atoms with Gasteiger partial charge in [-0.3, -0.25) is 4.68 Å². The molecule has 19 heavy (non-hydrogen) atoms. The number of carbonyl (C=O) groups is 1. The summed E-state index contributed by atoms with van der Waals surface area (Å²) in [6.07, 6.45) is 1.65. The minimum atomic E-state index is -0.446. The Labute approximate surface area is 115 Å². The van der Waals surface area contributed by atoms with Crippen molar-refractivity contribution in [2.24, 2.45) is 14.1 Å². The molecule has 2 aromatic rings. The number of carbonyl (C=O) groups excluding carboxylic acids is 1. The Morgan fingerprint density at radius 1 is 1.53 bits per heavy atom. The summed E-state index contributed by atoms with van der Waals surface area (Å²) in [4.78, 5) is 11.9. The van der Waals surface area contributed by atoms with E-state index < -0.39 is 5.97 Å². The van der Waals surface area contributed by atoms with Crippen molar-refractivity contribution < 1.29 is 9.53 Å². The van der Waals surface area contributed by atoms with Crippen LogP contribution in [0.1, 0.15) is 21.7 Å². The van der Waals surface area contributed by atoms with Crippen LogP contribution in [0.2, 0.25) is 5.15 Å². The predicted molar refractivity (Wildman–Crippen MR) is 71.9 cm³/mol. The van der Waals surface area contributed by atoms with Crippen LogP contribution in [0, 0.1) is 6.92 Å². The van der Waals surface area contributed by atoms with Gasteiger partial charge in [-0.15, -0.1) is 0 Å².